The van der Waals surface area contributed by atoms with Crippen LogP contribution in [0.5, 0.6) is 0 Å². The van der Waals surface area contributed by atoms with Gasteiger partial charge >= 0.3 is 0 Å². The molecule has 1 saturated carbocycles. The Hall–Kier alpha value is -2.76. The monoisotopic (exact) mass is 313 g/mol. The van der Waals surface area contributed by atoms with E-state index in [0.717, 1.165) is 5.56 Å². The molecule has 0 spiro atoms. The molecule has 3 rings (SSSR count). The number of halogens is 1. The number of rotatable bonds is 5. The zero-order chi connectivity index (χ0) is 16.4. The molecule has 2 aromatic rings. The van der Waals surface area contributed by atoms with Gasteiger partial charge in [-0.3, -0.25) is 14.6 Å². The van der Waals surface area contributed by atoms with E-state index in [1.165, 1.54) is 12.1 Å². The second kappa shape index (κ2) is 5.79. The van der Waals surface area contributed by atoms with Crippen LogP contribution in [-0.4, -0.2) is 16.8 Å². The Morgan fingerprint density at radius 3 is 2.17 bits per heavy atom. The molecule has 0 unspecified atom stereocenters. The molecule has 1 aromatic carbocycles. The summed E-state index contributed by atoms with van der Waals surface area (Å²) in [7, 11) is 0. The van der Waals surface area contributed by atoms with Crippen LogP contribution in [0.3, 0.4) is 0 Å². The molecule has 23 heavy (non-hydrogen) atoms. The Balaban J connectivity index is 1.91. The first-order valence-electron chi connectivity index (χ1n) is 7.29. The van der Waals surface area contributed by atoms with Crippen LogP contribution < -0.4 is 11.1 Å². The molecule has 0 aliphatic heterocycles. The van der Waals surface area contributed by atoms with Crippen molar-refractivity contribution in [2.75, 3.05) is 0 Å². The lowest BCUT2D eigenvalue weighted by molar-refractivity contribution is -0.135. The van der Waals surface area contributed by atoms with Gasteiger partial charge in [0.25, 0.3) is 0 Å². The molecule has 2 amide bonds. The van der Waals surface area contributed by atoms with Crippen molar-refractivity contribution < 1.29 is 14.0 Å². The molecule has 6 heteroatoms. The quantitative estimate of drug-likeness (QED) is 0.824. The minimum atomic E-state index is -1.11. The van der Waals surface area contributed by atoms with Crippen molar-refractivity contribution in [2.45, 2.75) is 18.9 Å². The van der Waals surface area contributed by atoms with Gasteiger partial charge in [0.2, 0.25) is 11.8 Å². The Labute approximate surface area is 132 Å². The standard InChI is InChI=1S/C17H16FN3O2/c18-13-3-1-11(2-4-13)14(12-5-9-20-10-6-12)21-16(23)17(7-8-17)15(19)22/h1-6,9-10,14H,7-8H2,(H2,19,22)(H,21,23)/t14-/m0/s1. The summed E-state index contributed by atoms with van der Waals surface area (Å²) in [5.74, 6) is -1.36. The zero-order valence-corrected chi connectivity index (χ0v) is 12.3. The smallest absolute Gasteiger partial charge is 0.236 e. The van der Waals surface area contributed by atoms with Crippen LogP contribution >= 0.6 is 0 Å². The van der Waals surface area contributed by atoms with Crippen molar-refractivity contribution in [3.05, 3.63) is 65.7 Å². The van der Waals surface area contributed by atoms with Gasteiger partial charge in [-0.1, -0.05) is 12.1 Å². The van der Waals surface area contributed by atoms with Crippen LogP contribution in [0.25, 0.3) is 0 Å². The van der Waals surface area contributed by atoms with Crippen molar-refractivity contribution in [3.8, 4) is 0 Å². The van der Waals surface area contributed by atoms with Crippen LogP contribution in [0, 0.1) is 11.2 Å². The van der Waals surface area contributed by atoms with Gasteiger partial charge in [-0.2, -0.15) is 0 Å². The van der Waals surface area contributed by atoms with Crippen molar-refractivity contribution >= 4 is 11.8 Å². The van der Waals surface area contributed by atoms with Gasteiger partial charge in [-0.15, -0.1) is 0 Å². The maximum atomic E-state index is 13.2. The van der Waals surface area contributed by atoms with Gasteiger partial charge in [-0.25, -0.2) is 4.39 Å². The summed E-state index contributed by atoms with van der Waals surface area (Å²) in [5, 5.41) is 2.86. The van der Waals surface area contributed by atoms with Crippen molar-refractivity contribution in [3.63, 3.8) is 0 Å². The van der Waals surface area contributed by atoms with E-state index in [1.807, 2.05) is 0 Å². The number of primary amides is 1. The van der Waals surface area contributed by atoms with Gasteiger partial charge in [0.1, 0.15) is 11.2 Å². The van der Waals surface area contributed by atoms with Gasteiger partial charge < -0.3 is 11.1 Å². The van der Waals surface area contributed by atoms with E-state index >= 15 is 0 Å². The molecule has 1 atom stereocenters. The second-order valence-electron chi connectivity index (χ2n) is 5.68. The Morgan fingerprint density at radius 2 is 1.65 bits per heavy atom. The van der Waals surface area contributed by atoms with E-state index in [0.29, 0.717) is 18.4 Å². The van der Waals surface area contributed by atoms with E-state index in [9.17, 15) is 14.0 Å². The SMILES string of the molecule is NC(=O)C1(C(=O)N[C@H](c2ccncc2)c2ccc(F)cc2)CC1. The third-order valence-corrected chi connectivity index (χ3v) is 4.17. The predicted molar refractivity (Wildman–Crippen MR) is 81.5 cm³/mol. The van der Waals surface area contributed by atoms with E-state index in [4.69, 9.17) is 5.73 Å². The van der Waals surface area contributed by atoms with Crippen molar-refractivity contribution in [1.29, 1.82) is 0 Å². The van der Waals surface area contributed by atoms with Gasteiger partial charge in [0.05, 0.1) is 6.04 Å². The number of aromatic nitrogens is 1. The highest BCUT2D eigenvalue weighted by molar-refractivity contribution is 6.07. The lowest BCUT2D eigenvalue weighted by atomic mass is 9.97. The van der Waals surface area contributed by atoms with E-state index in [1.54, 1.807) is 36.7 Å². The number of carbonyl (C=O) groups excluding carboxylic acids is 2. The molecule has 1 fully saturated rings. The summed E-state index contributed by atoms with van der Waals surface area (Å²) in [4.78, 5) is 28.0. The highest BCUT2D eigenvalue weighted by Crippen LogP contribution is 2.46. The van der Waals surface area contributed by atoms with Crippen molar-refractivity contribution in [2.24, 2.45) is 11.1 Å². The maximum Gasteiger partial charge on any atom is 0.236 e. The lowest BCUT2D eigenvalue weighted by Crippen LogP contribution is -2.42. The summed E-state index contributed by atoms with van der Waals surface area (Å²) < 4.78 is 13.2. The molecule has 1 heterocycles. The second-order valence-corrected chi connectivity index (χ2v) is 5.68. The van der Waals surface area contributed by atoms with Gasteiger partial charge in [0.15, 0.2) is 0 Å². The van der Waals surface area contributed by atoms with Crippen LogP contribution in [0.4, 0.5) is 4.39 Å². The molecule has 0 saturated heterocycles. The minimum Gasteiger partial charge on any atom is -0.369 e. The van der Waals surface area contributed by atoms with Crippen LogP contribution in [0.1, 0.15) is 30.0 Å². The Morgan fingerprint density at radius 1 is 1.09 bits per heavy atom. The zero-order valence-electron chi connectivity index (χ0n) is 12.3. The first-order chi connectivity index (χ1) is 11.0. The van der Waals surface area contributed by atoms with Gasteiger partial charge in [-0.05, 0) is 48.2 Å². The van der Waals surface area contributed by atoms with Crippen LogP contribution in [0.2, 0.25) is 0 Å². The number of nitrogens with zero attached hydrogens (tertiary/aromatic N) is 1. The summed E-state index contributed by atoms with van der Waals surface area (Å²) in [6, 6.07) is 8.89. The molecular formula is C17H16FN3O2. The lowest BCUT2D eigenvalue weighted by Gasteiger charge is -2.22. The minimum absolute atomic E-state index is 0.357. The van der Waals surface area contributed by atoms with Gasteiger partial charge in [0, 0.05) is 12.4 Å². The molecule has 0 radical (unpaired) electrons. The van der Waals surface area contributed by atoms with Crippen molar-refractivity contribution in [1.82, 2.24) is 10.3 Å². The molecule has 1 aliphatic rings. The fourth-order valence-corrected chi connectivity index (χ4v) is 2.55. The molecule has 1 aromatic heterocycles. The van der Waals surface area contributed by atoms with E-state index < -0.39 is 23.3 Å². The highest BCUT2D eigenvalue weighted by atomic mass is 19.1. The molecule has 5 nitrogen and oxygen atoms in total. The topological polar surface area (TPSA) is 85.1 Å². The first kappa shape index (κ1) is 15.1. The molecule has 118 valence electrons. The Kier molecular flexibility index (Phi) is 3.82. The fraction of sp³-hybridized carbons (Fsp3) is 0.235. The predicted octanol–water partition coefficient (Wildman–Crippen LogP) is 1.69. The summed E-state index contributed by atoms with van der Waals surface area (Å²) in [5.41, 5.74) is 5.75. The number of carbonyl (C=O) groups is 2. The van der Waals surface area contributed by atoms with Crippen LogP contribution in [-0.2, 0) is 9.59 Å². The highest BCUT2D eigenvalue weighted by Gasteiger charge is 2.55. The largest absolute Gasteiger partial charge is 0.369 e. The number of pyridine rings is 1. The van der Waals surface area contributed by atoms with E-state index in [2.05, 4.69) is 10.3 Å². The number of amides is 2. The number of hydrogen-bond acceptors (Lipinski definition) is 3. The van der Waals surface area contributed by atoms with E-state index in [-0.39, 0.29) is 5.82 Å². The average molecular weight is 313 g/mol. The molecule has 1 aliphatic carbocycles. The molecule has 3 N–H and O–H groups in total. The number of benzene rings is 1. The third kappa shape index (κ3) is 2.92. The number of nitrogens with one attached hydrogen (secondary N) is 1. The summed E-state index contributed by atoms with van der Waals surface area (Å²) in [6.07, 6.45) is 4.14. The number of hydrogen-bond donors (Lipinski definition) is 2. The maximum absolute atomic E-state index is 13.2. The molecule has 0 bridgehead atoms. The number of nitrogens with two attached hydrogens (primary N) is 1. The average Bonchev–Trinajstić information content (AvgIpc) is 3.36. The molecular weight excluding hydrogens is 297 g/mol. The fourth-order valence-electron chi connectivity index (χ4n) is 2.55. The summed E-state index contributed by atoms with van der Waals surface area (Å²) >= 11 is 0. The first-order valence-corrected chi connectivity index (χ1v) is 7.29. The van der Waals surface area contributed by atoms with Crippen LogP contribution in [0.15, 0.2) is 48.8 Å². The normalized spacial score (nSPS) is 16.4. The summed E-state index contributed by atoms with van der Waals surface area (Å²) in [6.45, 7) is 0. The third-order valence-electron chi connectivity index (χ3n) is 4.17. The Bertz CT molecular complexity index is 727.